The zero-order valence-electron chi connectivity index (χ0n) is 19.5. The summed E-state index contributed by atoms with van der Waals surface area (Å²) in [4.78, 5) is 37.3. The van der Waals surface area contributed by atoms with Gasteiger partial charge < -0.3 is 34.4 Å². The average Bonchev–Trinajstić information content (AvgIpc) is 3.13. The van der Waals surface area contributed by atoms with E-state index in [0.717, 1.165) is 12.5 Å². The first-order chi connectivity index (χ1) is 15.9. The molecule has 1 aromatic carbocycles. The molecule has 1 aliphatic carbocycles. The Bertz CT molecular complexity index is 1080. The van der Waals surface area contributed by atoms with Crippen LogP contribution >= 0.6 is 0 Å². The second-order valence-corrected chi connectivity index (χ2v) is 9.33. The molecule has 1 fully saturated rings. The van der Waals surface area contributed by atoms with Gasteiger partial charge in [-0.1, -0.05) is 6.07 Å². The van der Waals surface area contributed by atoms with E-state index in [9.17, 15) is 29.7 Å². The normalized spacial score (nSPS) is 30.7. The number of likely N-dealkylation sites (N-methyl/N-ethyl adjacent to an activating group) is 1. The highest BCUT2D eigenvalue weighted by atomic mass is 16.6. The van der Waals surface area contributed by atoms with Crippen LogP contribution in [0.1, 0.15) is 44.2 Å². The van der Waals surface area contributed by atoms with Crippen LogP contribution in [-0.4, -0.2) is 75.6 Å². The third-order valence-electron chi connectivity index (χ3n) is 7.50. The van der Waals surface area contributed by atoms with Crippen molar-refractivity contribution >= 4 is 17.9 Å². The summed E-state index contributed by atoms with van der Waals surface area (Å²) >= 11 is 0. The Morgan fingerprint density at radius 1 is 1.32 bits per heavy atom. The van der Waals surface area contributed by atoms with Crippen LogP contribution in [0.15, 0.2) is 24.0 Å². The number of aromatic hydroxyl groups is 1. The number of carboxylic acid groups (broad SMARTS) is 1. The summed E-state index contributed by atoms with van der Waals surface area (Å²) in [5.41, 5.74) is -0.765. The van der Waals surface area contributed by atoms with E-state index in [0.29, 0.717) is 18.5 Å². The van der Waals surface area contributed by atoms with Crippen molar-refractivity contribution in [1.82, 2.24) is 4.90 Å². The van der Waals surface area contributed by atoms with Gasteiger partial charge in [0.2, 0.25) is 6.10 Å². The van der Waals surface area contributed by atoms with E-state index in [1.807, 2.05) is 20.9 Å². The fraction of sp³-hybridized carbons (Fsp3) is 0.542. The van der Waals surface area contributed by atoms with Crippen LogP contribution in [0.5, 0.6) is 11.5 Å². The van der Waals surface area contributed by atoms with Crippen molar-refractivity contribution in [2.24, 2.45) is 0 Å². The van der Waals surface area contributed by atoms with Crippen molar-refractivity contribution in [3.63, 3.8) is 0 Å². The first-order valence-electron chi connectivity index (χ1n) is 11.2. The molecule has 3 aliphatic rings. The maximum atomic E-state index is 12.7. The third kappa shape index (κ3) is 3.43. The van der Waals surface area contributed by atoms with Gasteiger partial charge in [-0.25, -0.2) is 4.79 Å². The monoisotopic (exact) mass is 475 g/mol. The number of piperidine rings is 1. The molecule has 1 spiro atoms. The lowest BCUT2D eigenvalue weighted by Gasteiger charge is -2.58. The molecule has 0 unspecified atom stereocenters. The molecule has 3 N–H and O–H groups in total. The van der Waals surface area contributed by atoms with Crippen molar-refractivity contribution in [1.29, 1.82) is 0 Å². The number of hydrogen-bond acceptors (Lipinski definition) is 9. The predicted octanol–water partition coefficient (Wildman–Crippen LogP) is 1.39. The van der Waals surface area contributed by atoms with Gasteiger partial charge in [-0.2, -0.15) is 0 Å². The third-order valence-corrected chi connectivity index (χ3v) is 7.50. The van der Waals surface area contributed by atoms with Gasteiger partial charge >= 0.3 is 17.9 Å². The van der Waals surface area contributed by atoms with Gasteiger partial charge in [-0.15, -0.1) is 0 Å². The number of phenolic OH excluding ortho intramolecular Hbond substituents is 1. The minimum atomic E-state index is -1.68. The molecule has 0 aromatic heterocycles. The summed E-state index contributed by atoms with van der Waals surface area (Å²) in [6.45, 7) is 5.49. The number of ether oxygens (including phenoxy) is 3. The van der Waals surface area contributed by atoms with Gasteiger partial charge in [-0.05, 0) is 51.6 Å². The highest BCUT2D eigenvalue weighted by Gasteiger charge is 2.69. The van der Waals surface area contributed by atoms with E-state index < -0.39 is 47.6 Å². The fourth-order valence-electron chi connectivity index (χ4n) is 5.71. The van der Waals surface area contributed by atoms with Crippen molar-refractivity contribution in [2.75, 3.05) is 13.6 Å². The number of aryl methyl sites for hydroxylation is 1. The standard InChI is InChI=1S/C24H29NO9/c1-12-5-6-15(27)20-19(12)23-9-10-25(4)13(2)24(23,31)8-7-16(21(23)34-20)33-18(28)11-17(22(29)30)32-14(3)26/h5-7,13,17,21,27,31H,8-11H2,1-4H3,(H,29,30)/t13-,17+,21+,23+,24-/m1/s1. The summed E-state index contributed by atoms with van der Waals surface area (Å²) in [6.07, 6.45) is -1.07. The van der Waals surface area contributed by atoms with E-state index in [4.69, 9.17) is 14.2 Å². The van der Waals surface area contributed by atoms with Gasteiger partial charge in [0, 0.05) is 24.9 Å². The summed E-state index contributed by atoms with van der Waals surface area (Å²) in [6, 6.07) is 3.01. The van der Waals surface area contributed by atoms with Gasteiger partial charge in [0.1, 0.15) is 5.76 Å². The quantitative estimate of drug-likeness (QED) is 0.535. The number of carbonyl (C=O) groups excluding carboxylic acids is 2. The zero-order chi connectivity index (χ0) is 25.0. The molecule has 2 aliphatic heterocycles. The molecule has 2 heterocycles. The second-order valence-electron chi connectivity index (χ2n) is 9.33. The van der Waals surface area contributed by atoms with Gasteiger partial charge in [0.25, 0.3) is 0 Å². The van der Waals surface area contributed by atoms with Crippen LogP contribution in [0.2, 0.25) is 0 Å². The minimum Gasteiger partial charge on any atom is -0.504 e. The molecule has 0 radical (unpaired) electrons. The molecule has 184 valence electrons. The molecule has 5 atom stereocenters. The Labute approximate surface area is 196 Å². The Morgan fingerprint density at radius 2 is 2.03 bits per heavy atom. The lowest BCUT2D eigenvalue weighted by atomic mass is 9.54. The van der Waals surface area contributed by atoms with Gasteiger partial charge in [-0.3, -0.25) is 9.59 Å². The average molecular weight is 475 g/mol. The van der Waals surface area contributed by atoms with E-state index in [2.05, 4.69) is 4.90 Å². The molecule has 4 rings (SSSR count). The molecule has 10 heteroatoms. The molecule has 0 bridgehead atoms. The number of nitrogens with zero attached hydrogens (tertiary/aromatic N) is 1. The Morgan fingerprint density at radius 3 is 2.68 bits per heavy atom. The topological polar surface area (TPSA) is 143 Å². The van der Waals surface area contributed by atoms with E-state index in [1.54, 1.807) is 12.1 Å². The van der Waals surface area contributed by atoms with Crippen LogP contribution in [-0.2, 0) is 29.3 Å². The minimum absolute atomic E-state index is 0.0789. The smallest absolute Gasteiger partial charge is 0.345 e. The number of aliphatic hydroxyl groups is 1. The van der Waals surface area contributed by atoms with Crippen LogP contribution in [0, 0.1) is 6.92 Å². The number of benzene rings is 1. The molecule has 1 aromatic rings. The SMILES string of the molecule is CC(=O)O[C@@H](CC(=O)OC1=CC[C@@]2(O)[C@@H](C)N(C)CC[C@@]23c2c(C)ccc(O)c2O[C@@H]13)C(=O)O. The molecule has 10 nitrogen and oxygen atoms in total. The van der Waals surface area contributed by atoms with Crippen molar-refractivity contribution < 1.29 is 43.9 Å². The highest BCUT2D eigenvalue weighted by molar-refractivity contribution is 5.83. The Hall–Kier alpha value is -3.11. The lowest BCUT2D eigenvalue weighted by Crippen LogP contribution is -2.71. The van der Waals surface area contributed by atoms with Crippen LogP contribution in [0.4, 0.5) is 0 Å². The number of fused-ring (bicyclic) bond motifs is 1. The molecule has 0 amide bonds. The summed E-state index contributed by atoms with van der Waals surface area (Å²) in [5.74, 6) is -2.92. The van der Waals surface area contributed by atoms with Crippen molar-refractivity contribution in [3.05, 3.63) is 35.1 Å². The highest BCUT2D eigenvalue weighted by Crippen LogP contribution is 2.62. The predicted molar refractivity (Wildman–Crippen MR) is 117 cm³/mol. The maximum Gasteiger partial charge on any atom is 0.345 e. The second kappa shape index (κ2) is 8.28. The van der Waals surface area contributed by atoms with Crippen LogP contribution in [0.3, 0.4) is 0 Å². The summed E-state index contributed by atoms with van der Waals surface area (Å²) in [5, 5.41) is 31.9. The molecule has 34 heavy (non-hydrogen) atoms. The van der Waals surface area contributed by atoms with Crippen LogP contribution < -0.4 is 4.74 Å². The number of likely N-dealkylation sites (tertiary alicyclic amines) is 1. The number of phenols is 1. The number of hydrogen-bond donors (Lipinski definition) is 3. The zero-order valence-corrected chi connectivity index (χ0v) is 19.5. The number of aliphatic carboxylic acids is 1. The number of carbonyl (C=O) groups is 3. The van der Waals surface area contributed by atoms with Crippen molar-refractivity contribution in [3.8, 4) is 11.5 Å². The fourth-order valence-corrected chi connectivity index (χ4v) is 5.71. The number of carboxylic acids is 1. The van der Waals surface area contributed by atoms with Gasteiger partial charge in [0.05, 0.1) is 17.4 Å². The van der Waals surface area contributed by atoms with E-state index in [-0.39, 0.29) is 29.7 Å². The van der Waals surface area contributed by atoms with Crippen LogP contribution in [0.25, 0.3) is 0 Å². The van der Waals surface area contributed by atoms with E-state index in [1.165, 1.54) is 6.07 Å². The van der Waals surface area contributed by atoms with Gasteiger partial charge in [0.15, 0.2) is 17.6 Å². The molecular weight excluding hydrogens is 446 g/mol. The molecular formula is C24H29NO9. The lowest BCUT2D eigenvalue weighted by molar-refractivity contribution is -0.169. The Kier molecular flexibility index (Phi) is 5.85. The van der Waals surface area contributed by atoms with E-state index >= 15 is 0 Å². The number of rotatable bonds is 5. The Balaban J connectivity index is 1.73. The summed E-state index contributed by atoms with van der Waals surface area (Å²) < 4.78 is 16.5. The first-order valence-corrected chi connectivity index (χ1v) is 11.2. The molecule has 1 saturated heterocycles. The molecule has 0 saturated carbocycles. The van der Waals surface area contributed by atoms with Crippen molar-refractivity contribution in [2.45, 2.75) is 69.3 Å². The largest absolute Gasteiger partial charge is 0.504 e. The first kappa shape index (κ1) is 24.0. The maximum absolute atomic E-state index is 12.7. The number of esters is 2. The summed E-state index contributed by atoms with van der Waals surface area (Å²) in [7, 11) is 1.93.